The minimum atomic E-state index is -0.227. The van der Waals surface area contributed by atoms with Crippen molar-refractivity contribution in [3.05, 3.63) is 60.2 Å². The van der Waals surface area contributed by atoms with Crippen molar-refractivity contribution in [3.8, 4) is 11.1 Å². The Morgan fingerprint density at radius 2 is 1.36 bits per heavy atom. The van der Waals surface area contributed by atoms with Crippen LogP contribution in [0.4, 0.5) is 0 Å². The van der Waals surface area contributed by atoms with E-state index in [0.717, 1.165) is 11.1 Å². The highest BCUT2D eigenvalue weighted by atomic mass is 16.2. The fourth-order valence-electron chi connectivity index (χ4n) is 1.75. The highest BCUT2D eigenvalue weighted by Gasteiger charge is 2.06. The van der Waals surface area contributed by atoms with Crippen LogP contribution >= 0.6 is 0 Å². The Bertz CT molecular complexity index is 589. The summed E-state index contributed by atoms with van der Waals surface area (Å²) in [5.41, 5.74) is 2.72. The topological polar surface area (TPSA) is 46.2 Å². The normalized spacial score (nSPS) is 9.41. The number of ketones is 1. The second-order valence-corrected chi connectivity index (χ2v) is 5.04. The number of Topliss-reactive ketones (excluding diaryl/α,β-unsaturated/α-hetero) is 1. The number of rotatable bonds is 4. The van der Waals surface area contributed by atoms with Crippen LogP contribution in [0.5, 0.6) is 0 Å². The van der Waals surface area contributed by atoms with Crippen molar-refractivity contribution in [3.63, 3.8) is 0 Å². The molecule has 0 spiro atoms. The van der Waals surface area contributed by atoms with Gasteiger partial charge in [-0.15, -0.1) is 0 Å². The lowest BCUT2D eigenvalue weighted by molar-refractivity contribution is -0.116. The molecule has 3 nitrogen and oxygen atoms in total. The minimum absolute atomic E-state index is 0.0609. The molecule has 116 valence electrons. The Labute approximate surface area is 132 Å². The van der Waals surface area contributed by atoms with Crippen LogP contribution in [0.15, 0.2) is 54.6 Å². The maximum absolute atomic E-state index is 11.7. The van der Waals surface area contributed by atoms with Gasteiger partial charge in [-0.05, 0) is 30.2 Å². The number of benzene rings is 2. The first kappa shape index (κ1) is 17.6. The number of carbonyl (C=O) groups is 2. The van der Waals surface area contributed by atoms with Crippen LogP contribution in [0, 0.1) is 0 Å². The molecule has 3 heteroatoms. The Balaban J connectivity index is 0.000000745. The van der Waals surface area contributed by atoms with E-state index in [4.69, 9.17) is 0 Å². The number of amides is 1. The lowest BCUT2D eigenvalue weighted by Gasteiger charge is -2.05. The van der Waals surface area contributed by atoms with Gasteiger partial charge in [0.05, 0.1) is 6.54 Å². The molecule has 0 saturated carbocycles. The van der Waals surface area contributed by atoms with E-state index in [1.54, 1.807) is 12.1 Å². The Morgan fingerprint density at radius 1 is 0.864 bits per heavy atom. The maximum atomic E-state index is 11.7. The Kier molecular flexibility index (Phi) is 7.62. The van der Waals surface area contributed by atoms with Crippen molar-refractivity contribution >= 4 is 11.7 Å². The maximum Gasteiger partial charge on any atom is 0.251 e. The van der Waals surface area contributed by atoms with Crippen molar-refractivity contribution in [2.75, 3.05) is 6.54 Å². The zero-order valence-corrected chi connectivity index (χ0v) is 13.4. The Hall–Kier alpha value is -2.42. The van der Waals surface area contributed by atoms with E-state index < -0.39 is 0 Å². The molecule has 0 bridgehead atoms. The van der Waals surface area contributed by atoms with Gasteiger partial charge < -0.3 is 5.32 Å². The van der Waals surface area contributed by atoms with E-state index in [0.29, 0.717) is 5.56 Å². The molecule has 0 unspecified atom stereocenters. The molecule has 2 rings (SSSR count). The summed E-state index contributed by atoms with van der Waals surface area (Å²) in [7, 11) is 0. The predicted octanol–water partition coefficient (Wildman–Crippen LogP) is 4.09. The van der Waals surface area contributed by atoms with E-state index >= 15 is 0 Å². The fourth-order valence-corrected chi connectivity index (χ4v) is 1.75. The van der Waals surface area contributed by atoms with Crippen LogP contribution in [-0.2, 0) is 4.79 Å². The highest BCUT2D eigenvalue weighted by Crippen LogP contribution is 2.19. The average molecular weight is 297 g/mol. The highest BCUT2D eigenvalue weighted by molar-refractivity contribution is 5.96. The van der Waals surface area contributed by atoms with Gasteiger partial charge in [0, 0.05) is 5.56 Å². The van der Waals surface area contributed by atoms with Gasteiger partial charge in [-0.25, -0.2) is 0 Å². The molecule has 0 aliphatic rings. The molecule has 0 fully saturated rings. The van der Waals surface area contributed by atoms with Crippen molar-refractivity contribution < 1.29 is 9.59 Å². The van der Waals surface area contributed by atoms with Gasteiger partial charge in [-0.2, -0.15) is 0 Å². The second-order valence-electron chi connectivity index (χ2n) is 5.04. The zero-order valence-electron chi connectivity index (χ0n) is 13.4. The van der Waals surface area contributed by atoms with Gasteiger partial charge in [0.15, 0.2) is 0 Å². The van der Waals surface area contributed by atoms with E-state index in [-0.39, 0.29) is 18.2 Å². The number of nitrogens with one attached hydrogen (secondary N) is 1. The summed E-state index contributed by atoms with van der Waals surface area (Å²) >= 11 is 0. The van der Waals surface area contributed by atoms with Crippen molar-refractivity contribution in [2.45, 2.75) is 27.2 Å². The third-order valence-corrected chi connectivity index (χ3v) is 2.75. The summed E-state index contributed by atoms with van der Waals surface area (Å²) in [4.78, 5) is 22.5. The largest absolute Gasteiger partial charge is 0.345 e. The second kappa shape index (κ2) is 9.50. The molecule has 2 aromatic carbocycles. The third-order valence-electron chi connectivity index (χ3n) is 2.75. The number of carbonyl (C=O) groups excluding carboxylic acids is 2. The van der Waals surface area contributed by atoms with Crippen LogP contribution in [0.1, 0.15) is 37.6 Å². The van der Waals surface area contributed by atoms with E-state index in [9.17, 15) is 9.59 Å². The summed E-state index contributed by atoms with van der Waals surface area (Å²) in [6.07, 6.45) is 1.25. The van der Waals surface area contributed by atoms with Gasteiger partial charge in [0.25, 0.3) is 5.91 Å². The molecule has 0 radical (unpaired) electrons. The summed E-state index contributed by atoms with van der Waals surface area (Å²) in [5, 5.41) is 2.57. The summed E-state index contributed by atoms with van der Waals surface area (Å²) in [5.74, 6) is -0.288. The molecular weight excluding hydrogens is 274 g/mol. The lowest BCUT2D eigenvalue weighted by atomic mass is 10.0. The summed E-state index contributed by atoms with van der Waals surface area (Å²) in [6, 6.07) is 17.3. The van der Waals surface area contributed by atoms with Gasteiger partial charge >= 0.3 is 0 Å². The van der Waals surface area contributed by atoms with Crippen molar-refractivity contribution in [1.82, 2.24) is 5.32 Å². The fraction of sp³-hybridized carbons (Fsp3) is 0.263. The van der Waals surface area contributed by atoms with Crippen LogP contribution in [0.2, 0.25) is 0 Å². The summed E-state index contributed by atoms with van der Waals surface area (Å²) < 4.78 is 0. The molecule has 0 saturated heterocycles. The van der Waals surface area contributed by atoms with Crippen molar-refractivity contribution in [1.29, 1.82) is 0 Å². The van der Waals surface area contributed by atoms with Crippen LogP contribution in [-0.4, -0.2) is 18.2 Å². The molecule has 0 aliphatic carbocycles. The molecule has 0 aliphatic heterocycles. The zero-order chi connectivity index (χ0) is 16.4. The molecule has 0 heterocycles. The first-order valence-corrected chi connectivity index (χ1v) is 7.51. The quantitative estimate of drug-likeness (QED) is 0.924. The lowest BCUT2D eigenvalue weighted by Crippen LogP contribution is -2.28. The molecule has 1 amide bonds. The smallest absolute Gasteiger partial charge is 0.251 e. The number of hydrogen-bond acceptors (Lipinski definition) is 2. The molecule has 2 aromatic rings. The van der Waals surface area contributed by atoms with E-state index in [1.165, 1.54) is 13.3 Å². The average Bonchev–Trinajstić information content (AvgIpc) is 2.54. The monoisotopic (exact) mass is 297 g/mol. The summed E-state index contributed by atoms with van der Waals surface area (Å²) in [6.45, 7) is 5.76. The predicted molar refractivity (Wildman–Crippen MR) is 90.9 cm³/mol. The molecule has 1 N–H and O–H groups in total. The minimum Gasteiger partial charge on any atom is -0.345 e. The standard InChI is InChI=1S/C16H15NO2.C3H8/c1-12(18)11-17-16(19)15-9-7-14(8-10-15)13-5-3-2-4-6-13;1-3-2/h2-10H,11H2,1H3,(H,17,19);3H2,1-2H3. The third kappa shape index (κ3) is 5.92. The van der Waals surface area contributed by atoms with Gasteiger partial charge in [0.2, 0.25) is 0 Å². The van der Waals surface area contributed by atoms with Crippen LogP contribution in [0.3, 0.4) is 0 Å². The molecular formula is C19H23NO2. The van der Waals surface area contributed by atoms with Gasteiger partial charge in [0.1, 0.15) is 5.78 Å². The van der Waals surface area contributed by atoms with Crippen LogP contribution in [0.25, 0.3) is 11.1 Å². The first-order valence-electron chi connectivity index (χ1n) is 7.51. The van der Waals surface area contributed by atoms with Gasteiger partial charge in [-0.1, -0.05) is 62.7 Å². The molecule has 0 aromatic heterocycles. The molecule has 0 atom stereocenters. The van der Waals surface area contributed by atoms with E-state index in [1.807, 2.05) is 42.5 Å². The van der Waals surface area contributed by atoms with Gasteiger partial charge in [-0.3, -0.25) is 9.59 Å². The number of hydrogen-bond donors (Lipinski definition) is 1. The SMILES string of the molecule is CC(=O)CNC(=O)c1ccc(-c2ccccc2)cc1.CCC. The first-order chi connectivity index (χ1) is 10.6. The Morgan fingerprint density at radius 3 is 1.86 bits per heavy atom. The molecule has 22 heavy (non-hydrogen) atoms. The van der Waals surface area contributed by atoms with E-state index in [2.05, 4.69) is 19.2 Å². The van der Waals surface area contributed by atoms with Crippen molar-refractivity contribution in [2.24, 2.45) is 0 Å². The van der Waals surface area contributed by atoms with Crippen LogP contribution < -0.4 is 5.32 Å².